The van der Waals surface area contributed by atoms with Gasteiger partial charge < -0.3 is 4.74 Å². The number of nitrogens with zero attached hydrogens (tertiary/aromatic N) is 4. The van der Waals surface area contributed by atoms with E-state index in [-0.39, 0.29) is 18.1 Å². The Labute approximate surface area is 204 Å². The predicted octanol–water partition coefficient (Wildman–Crippen LogP) is 4.74. The van der Waals surface area contributed by atoms with E-state index in [1.54, 1.807) is 11.6 Å². The monoisotopic (exact) mass is 482 g/mol. The van der Waals surface area contributed by atoms with Crippen LogP contribution >= 0.6 is 0 Å². The van der Waals surface area contributed by atoms with Gasteiger partial charge in [-0.15, -0.1) is 0 Å². The van der Waals surface area contributed by atoms with E-state index in [0.29, 0.717) is 12.1 Å². The van der Waals surface area contributed by atoms with Crippen LogP contribution < -0.4 is 0 Å². The maximum Gasteiger partial charge on any atom is 0.359 e. The highest BCUT2D eigenvalue weighted by Crippen LogP contribution is 2.40. The molecule has 2 aromatic heterocycles. The first-order valence-electron chi connectivity index (χ1n) is 11.4. The van der Waals surface area contributed by atoms with Crippen LogP contribution in [0.15, 0.2) is 83.9 Å². The maximum absolute atomic E-state index is 13.0. The molecule has 1 unspecified atom stereocenters. The number of ether oxygens (including phenoxy) is 1. The van der Waals surface area contributed by atoms with E-state index in [1.165, 1.54) is 0 Å². The van der Waals surface area contributed by atoms with Crippen molar-refractivity contribution >= 4 is 27.7 Å². The van der Waals surface area contributed by atoms with E-state index in [4.69, 9.17) is 14.9 Å². The highest BCUT2D eigenvalue weighted by molar-refractivity contribution is 7.84. The lowest BCUT2D eigenvalue weighted by Crippen LogP contribution is -2.12. The Morgan fingerprint density at radius 1 is 1.00 bits per heavy atom. The molecule has 0 saturated heterocycles. The summed E-state index contributed by atoms with van der Waals surface area (Å²) in [5.74, 6) is -0.296. The minimum atomic E-state index is -1.27. The van der Waals surface area contributed by atoms with E-state index < -0.39 is 16.8 Å². The molecule has 1 aliphatic rings. The van der Waals surface area contributed by atoms with Gasteiger partial charge in [-0.05, 0) is 30.7 Å². The zero-order valence-corrected chi connectivity index (χ0v) is 19.9. The molecule has 3 heterocycles. The highest BCUT2D eigenvalue weighted by Gasteiger charge is 2.33. The summed E-state index contributed by atoms with van der Waals surface area (Å²) < 4.78 is 22.0. The van der Waals surface area contributed by atoms with Gasteiger partial charge in [-0.3, -0.25) is 8.89 Å². The zero-order chi connectivity index (χ0) is 23.9. The molecule has 6 rings (SSSR count). The van der Waals surface area contributed by atoms with Crippen LogP contribution in [0.3, 0.4) is 0 Å². The summed E-state index contributed by atoms with van der Waals surface area (Å²) in [6.45, 7) is 2.64. The molecule has 1 aliphatic heterocycles. The molecule has 0 amide bonds. The number of hydrogen-bond donors (Lipinski definition) is 0. The smallest absolute Gasteiger partial charge is 0.359 e. The molecular weight excluding hydrogens is 460 g/mol. The van der Waals surface area contributed by atoms with Gasteiger partial charge in [-0.1, -0.05) is 54.6 Å². The van der Waals surface area contributed by atoms with Crippen molar-refractivity contribution in [2.75, 3.05) is 6.61 Å². The molecule has 8 heteroatoms. The van der Waals surface area contributed by atoms with Crippen molar-refractivity contribution in [2.24, 2.45) is 0 Å². The third-order valence-electron chi connectivity index (χ3n) is 6.11. The van der Waals surface area contributed by atoms with Crippen molar-refractivity contribution in [3.8, 4) is 16.9 Å². The Kier molecular flexibility index (Phi) is 5.30. The fraction of sp³-hybridized carbons (Fsp3) is 0.148. The molecule has 0 N–H and O–H groups in total. The topological polar surface area (TPSA) is 79.0 Å². The molecule has 0 radical (unpaired) electrons. The standard InChI is InChI=1S/C27H22N4O3S/c1-2-34-27(32)25-21-17-35(33)24-14-7-6-11-19(24)26(21)31(29-25)23-13-8-12-22-20(23)16-30(28-22)15-18-9-4-3-5-10-18/h3-14,16H,2,15,17H2,1H3. The number of carbonyl (C=O) groups excluding carboxylic acids is 1. The van der Waals surface area contributed by atoms with Crippen molar-refractivity contribution in [2.45, 2.75) is 24.1 Å². The van der Waals surface area contributed by atoms with Crippen LogP contribution in [0.25, 0.3) is 27.8 Å². The molecule has 0 bridgehead atoms. The maximum atomic E-state index is 13.0. The quantitative estimate of drug-likeness (QED) is 0.338. The van der Waals surface area contributed by atoms with Crippen LogP contribution in [-0.2, 0) is 27.8 Å². The van der Waals surface area contributed by atoms with Gasteiger partial charge in [-0.2, -0.15) is 10.2 Å². The number of fused-ring (bicyclic) bond motifs is 4. The number of aromatic nitrogens is 4. The SMILES string of the molecule is CCOC(=O)c1nn(-c2cccc3nn(Cc4ccccc4)cc23)c2c1CS(=O)c1ccccc1-2. The molecule has 5 aromatic rings. The summed E-state index contributed by atoms with van der Waals surface area (Å²) in [4.78, 5) is 13.6. The first-order valence-corrected chi connectivity index (χ1v) is 12.7. The minimum absolute atomic E-state index is 0.207. The van der Waals surface area contributed by atoms with Crippen molar-refractivity contribution in [3.05, 3.63) is 95.8 Å². The Morgan fingerprint density at radius 2 is 1.80 bits per heavy atom. The summed E-state index contributed by atoms with van der Waals surface area (Å²) in [5, 5.41) is 10.4. The van der Waals surface area contributed by atoms with Gasteiger partial charge in [0.1, 0.15) is 0 Å². The van der Waals surface area contributed by atoms with Gasteiger partial charge in [-0.25, -0.2) is 9.48 Å². The van der Waals surface area contributed by atoms with Gasteiger partial charge in [0, 0.05) is 27.6 Å². The second kappa shape index (κ2) is 8.63. The van der Waals surface area contributed by atoms with E-state index in [2.05, 4.69) is 12.1 Å². The fourth-order valence-electron chi connectivity index (χ4n) is 4.58. The lowest BCUT2D eigenvalue weighted by molar-refractivity contribution is 0.0518. The number of esters is 1. The van der Waals surface area contributed by atoms with Crippen LogP contribution in [0.2, 0.25) is 0 Å². The summed E-state index contributed by atoms with van der Waals surface area (Å²) >= 11 is 0. The van der Waals surface area contributed by atoms with E-state index in [0.717, 1.165) is 38.3 Å². The lowest BCUT2D eigenvalue weighted by atomic mass is 10.1. The molecule has 35 heavy (non-hydrogen) atoms. The molecule has 3 aromatic carbocycles. The van der Waals surface area contributed by atoms with Crippen molar-refractivity contribution in [3.63, 3.8) is 0 Å². The summed E-state index contributed by atoms with van der Waals surface area (Å²) in [5.41, 5.74) is 5.21. The Balaban J connectivity index is 1.55. The third-order valence-corrected chi connectivity index (χ3v) is 7.50. The number of carbonyl (C=O) groups is 1. The fourth-order valence-corrected chi connectivity index (χ4v) is 5.92. The van der Waals surface area contributed by atoms with Gasteiger partial charge >= 0.3 is 5.97 Å². The summed E-state index contributed by atoms with van der Waals surface area (Å²) in [7, 11) is -1.27. The molecule has 174 valence electrons. The van der Waals surface area contributed by atoms with Gasteiger partial charge in [0.15, 0.2) is 5.69 Å². The first-order chi connectivity index (χ1) is 17.1. The summed E-state index contributed by atoms with van der Waals surface area (Å²) in [6.07, 6.45) is 2.00. The average Bonchev–Trinajstić information content (AvgIpc) is 3.46. The van der Waals surface area contributed by atoms with Crippen LogP contribution in [-0.4, -0.2) is 36.3 Å². The molecular formula is C27H22N4O3S. The van der Waals surface area contributed by atoms with E-state index in [1.807, 2.05) is 71.5 Å². The zero-order valence-electron chi connectivity index (χ0n) is 19.0. The van der Waals surface area contributed by atoms with Crippen LogP contribution in [0.5, 0.6) is 0 Å². The Morgan fingerprint density at radius 3 is 2.63 bits per heavy atom. The Hall–Kier alpha value is -4.04. The molecule has 0 aliphatic carbocycles. The molecule has 0 fully saturated rings. The highest BCUT2D eigenvalue weighted by atomic mass is 32.2. The van der Waals surface area contributed by atoms with Crippen molar-refractivity contribution in [1.29, 1.82) is 0 Å². The molecule has 7 nitrogen and oxygen atoms in total. The van der Waals surface area contributed by atoms with E-state index >= 15 is 0 Å². The van der Waals surface area contributed by atoms with Crippen molar-refractivity contribution < 1.29 is 13.7 Å². The largest absolute Gasteiger partial charge is 0.461 e. The first kappa shape index (κ1) is 21.5. The van der Waals surface area contributed by atoms with Gasteiger partial charge in [0.25, 0.3) is 0 Å². The van der Waals surface area contributed by atoms with Gasteiger partial charge in [0.2, 0.25) is 0 Å². The van der Waals surface area contributed by atoms with E-state index in [9.17, 15) is 9.00 Å². The normalized spacial score (nSPS) is 14.5. The lowest BCUT2D eigenvalue weighted by Gasteiger charge is -2.18. The number of hydrogen-bond acceptors (Lipinski definition) is 5. The van der Waals surface area contributed by atoms with Crippen LogP contribution in [0, 0.1) is 0 Å². The molecule has 0 spiro atoms. The third kappa shape index (κ3) is 3.66. The minimum Gasteiger partial charge on any atom is -0.461 e. The average molecular weight is 483 g/mol. The van der Waals surface area contributed by atoms with Crippen molar-refractivity contribution in [1.82, 2.24) is 19.6 Å². The molecule has 1 atom stereocenters. The van der Waals surface area contributed by atoms with Crippen LogP contribution in [0.4, 0.5) is 0 Å². The summed E-state index contributed by atoms with van der Waals surface area (Å²) in [6, 6.07) is 23.6. The number of benzene rings is 3. The van der Waals surface area contributed by atoms with Crippen LogP contribution in [0.1, 0.15) is 28.5 Å². The number of rotatable bonds is 5. The van der Waals surface area contributed by atoms with Gasteiger partial charge in [0.05, 0.1) is 46.6 Å². The Bertz CT molecular complexity index is 1600. The molecule has 0 saturated carbocycles. The second-order valence-corrected chi connectivity index (χ2v) is 9.74. The predicted molar refractivity (Wildman–Crippen MR) is 134 cm³/mol. The second-order valence-electron chi connectivity index (χ2n) is 8.32.